The molecular formula is C6H14N4. The summed E-state index contributed by atoms with van der Waals surface area (Å²) in [6.45, 7) is 0.700. The molecule has 0 saturated heterocycles. The zero-order valence-corrected chi connectivity index (χ0v) is 6.46. The van der Waals surface area contributed by atoms with Crippen molar-refractivity contribution in [3.8, 4) is 0 Å². The molecule has 0 radical (unpaired) electrons. The van der Waals surface area contributed by atoms with Gasteiger partial charge in [0.15, 0.2) is 0 Å². The standard InChI is InChI=1S/C6H14N4/c1-9-5-6(3-4-7)10(2)8-9/h5,8H,3-4,7H2,1-2H3. The molecule has 0 aromatic heterocycles. The van der Waals surface area contributed by atoms with Gasteiger partial charge in [0.2, 0.25) is 0 Å². The highest BCUT2D eigenvalue weighted by Crippen LogP contribution is 2.09. The Kier molecular flexibility index (Phi) is 2.13. The Hall–Kier alpha value is -0.740. The summed E-state index contributed by atoms with van der Waals surface area (Å²) in [5, 5.41) is 3.87. The number of hydrogen-bond acceptors (Lipinski definition) is 4. The molecular weight excluding hydrogens is 128 g/mol. The Morgan fingerprint density at radius 1 is 1.60 bits per heavy atom. The molecule has 0 saturated carbocycles. The van der Waals surface area contributed by atoms with Gasteiger partial charge in [0, 0.05) is 32.4 Å². The quantitative estimate of drug-likeness (QED) is 0.544. The lowest BCUT2D eigenvalue weighted by Gasteiger charge is -2.16. The van der Waals surface area contributed by atoms with Crippen LogP contribution in [0.3, 0.4) is 0 Å². The van der Waals surface area contributed by atoms with E-state index in [9.17, 15) is 0 Å². The molecule has 0 spiro atoms. The molecule has 3 N–H and O–H groups in total. The van der Waals surface area contributed by atoms with Crippen molar-refractivity contribution in [1.82, 2.24) is 15.6 Å². The minimum atomic E-state index is 0.700. The van der Waals surface area contributed by atoms with Crippen LogP contribution in [0.15, 0.2) is 11.9 Å². The topological polar surface area (TPSA) is 44.5 Å². The number of hydrazine groups is 2. The van der Waals surface area contributed by atoms with Crippen LogP contribution in [-0.4, -0.2) is 30.7 Å². The minimum Gasteiger partial charge on any atom is -0.330 e. The van der Waals surface area contributed by atoms with Gasteiger partial charge in [-0.05, 0) is 6.54 Å². The van der Waals surface area contributed by atoms with Gasteiger partial charge in [-0.2, -0.15) is 0 Å². The normalized spacial score (nSPS) is 18.1. The van der Waals surface area contributed by atoms with Gasteiger partial charge >= 0.3 is 0 Å². The first-order chi connectivity index (χ1) is 4.74. The van der Waals surface area contributed by atoms with Crippen LogP contribution >= 0.6 is 0 Å². The van der Waals surface area contributed by atoms with E-state index in [1.54, 1.807) is 0 Å². The van der Waals surface area contributed by atoms with Crippen molar-refractivity contribution in [3.63, 3.8) is 0 Å². The third-order valence-corrected chi connectivity index (χ3v) is 1.48. The molecule has 10 heavy (non-hydrogen) atoms. The summed E-state index contributed by atoms with van der Waals surface area (Å²) >= 11 is 0. The Morgan fingerprint density at radius 2 is 2.30 bits per heavy atom. The van der Waals surface area contributed by atoms with Crippen LogP contribution in [0.2, 0.25) is 0 Å². The lowest BCUT2D eigenvalue weighted by atomic mass is 10.3. The van der Waals surface area contributed by atoms with E-state index in [1.807, 2.05) is 30.3 Å². The van der Waals surface area contributed by atoms with Crippen molar-refractivity contribution in [2.45, 2.75) is 6.42 Å². The lowest BCUT2D eigenvalue weighted by molar-refractivity contribution is 0.180. The minimum absolute atomic E-state index is 0.700. The maximum atomic E-state index is 5.40. The van der Waals surface area contributed by atoms with E-state index in [0.29, 0.717) is 6.54 Å². The Labute approximate surface area is 61.2 Å². The van der Waals surface area contributed by atoms with E-state index < -0.39 is 0 Å². The molecule has 0 aromatic rings. The van der Waals surface area contributed by atoms with Crippen LogP contribution in [0, 0.1) is 0 Å². The van der Waals surface area contributed by atoms with Gasteiger partial charge in [-0.15, -0.1) is 5.53 Å². The number of nitrogens with zero attached hydrogens (tertiary/aromatic N) is 2. The highest BCUT2D eigenvalue weighted by atomic mass is 15.8. The van der Waals surface area contributed by atoms with E-state index in [1.165, 1.54) is 5.70 Å². The Balaban J connectivity index is 2.48. The van der Waals surface area contributed by atoms with Gasteiger partial charge < -0.3 is 5.73 Å². The maximum Gasteiger partial charge on any atom is 0.0494 e. The molecule has 1 aliphatic rings. The SMILES string of the molecule is CN1C=C(CCN)N(C)N1. The Morgan fingerprint density at radius 3 is 2.70 bits per heavy atom. The van der Waals surface area contributed by atoms with Crippen LogP contribution in [0.1, 0.15) is 6.42 Å². The van der Waals surface area contributed by atoms with Gasteiger partial charge in [0.05, 0.1) is 0 Å². The molecule has 0 atom stereocenters. The summed E-state index contributed by atoms with van der Waals surface area (Å²) < 4.78 is 0. The van der Waals surface area contributed by atoms with Gasteiger partial charge in [-0.3, -0.25) is 10.0 Å². The van der Waals surface area contributed by atoms with Crippen LogP contribution in [0.25, 0.3) is 0 Å². The third-order valence-electron chi connectivity index (χ3n) is 1.48. The van der Waals surface area contributed by atoms with Crippen LogP contribution in [0.5, 0.6) is 0 Å². The molecule has 1 aliphatic heterocycles. The number of rotatable bonds is 2. The van der Waals surface area contributed by atoms with E-state index in [0.717, 1.165) is 6.42 Å². The van der Waals surface area contributed by atoms with Gasteiger partial charge in [0.25, 0.3) is 0 Å². The van der Waals surface area contributed by atoms with Crippen molar-refractivity contribution in [3.05, 3.63) is 11.9 Å². The number of nitrogens with one attached hydrogen (secondary N) is 1. The lowest BCUT2D eigenvalue weighted by Crippen LogP contribution is -2.35. The maximum absolute atomic E-state index is 5.40. The Bertz CT molecular complexity index is 143. The molecule has 1 rings (SSSR count). The smallest absolute Gasteiger partial charge is 0.0494 e. The summed E-state index contributed by atoms with van der Waals surface area (Å²) in [6.07, 6.45) is 2.96. The predicted molar refractivity (Wildman–Crippen MR) is 40.4 cm³/mol. The molecule has 0 aliphatic carbocycles. The second-order valence-corrected chi connectivity index (χ2v) is 2.43. The molecule has 1 heterocycles. The predicted octanol–water partition coefficient (Wildman–Crippen LogP) is -0.527. The summed E-state index contributed by atoms with van der Waals surface area (Å²) in [4.78, 5) is 0. The third kappa shape index (κ3) is 1.40. The van der Waals surface area contributed by atoms with Gasteiger partial charge in [-0.1, -0.05) is 0 Å². The molecule has 0 fully saturated rings. The fraction of sp³-hybridized carbons (Fsp3) is 0.667. The molecule has 0 bridgehead atoms. The van der Waals surface area contributed by atoms with Crippen molar-refractivity contribution >= 4 is 0 Å². The average Bonchev–Trinajstić information content (AvgIpc) is 2.13. The van der Waals surface area contributed by atoms with E-state index in [4.69, 9.17) is 5.73 Å². The molecule has 0 unspecified atom stereocenters. The van der Waals surface area contributed by atoms with Crippen molar-refractivity contribution in [2.75, 3.05) is 20.6 Å². The first-order valence-corrected chi connectivity index (χ1v) is 3.37. The zero-order valence-electron chi connectivity index (χ0n) is 6.46. The number of hydrogen-bond donors (Lipinski definition) is 2. The van der Waals surface area contributed by atoms with E-state index in [2.05, 4.69) is 5.53 Å². The van der Waals surface area contributed by atoms with Crippen molar-refractivity contribution < 1.29 is 0 Å². The summed E-state index contributed by atoms with van der Waals surface area (Å²) in [5.74, 6) is 0. The fourth-order valence-corrected chi connectivity index (χ4v) is 1.02. The first kappa shape index (κ1) is 7.37. The van der Waals surface area contributed by atoms with Crippen LogP contribution in [-0.2, 0) is 0 Å². The first-order valence-electron chi connectivity index (χ1n) is 3.37. The fourth-order valence-electron chi connectivity index (χ4n) is 1.02. The molecule has 58 valence electrons. The van der Waals surface area contributed by atoms with Gasteiger partial charge in [0.1, 0.15) is 0 Å². The van der Waals surface area contributed by atoms with Crippen LogP contribution < -0.4 is 11.3 Å². The van der Waals surface area contributed by atoms with Crippen molar-refractivity contribution in [1.29, 1.82) is 0 Å². The second kappa shape index (κ2) is 2.90. The number of nitrogens with two attached hydrogens (primary N) is 1. The van der Waals surface area contributed by atoms with Gasteiger partial charge in [-0.25, -0.2) is 0 Å². The largest absolute Gasteiger partial charge is 0.330 e. The summed E-state index contributed by atoms with van der Waals surface area (Å²) in [7, 11) is 3.94. The van der Waals surface area contributed by atoms with Crippen molar-refractivity contribution in [2.24, 2.45) is 5.73 Å². The van der Waals surface area contributed by atoms with E-state index in [-0.39, 0.29) is 0 Å². The monoisotopic (exact) mass is 142 g/mol. The summed E-state index contributed by atoms with van der Waals surface area (Å²) in [5.41, 5.74) is 9.70. The second-order valence-electron chi connectivity index (χ2n) is 2.43. The molecule has 4 nitrogen and oxygen atoms in total. The molecule has 0 amide bonds. The summed E-state index contributed by atoms with van der Waals surface area (Å²) in [6, 6.07) is 0. The highest BCUT2D eigenvalue weighted by Gasteiger charge is 2.11. The van der Waals surface area contributed by atoms with Crippen LogP contribution in [0.4, 0.5) is 0 Å². The zero-order chi connectivity index (χ0) is 7.56. The molecule has 0 aromatic carbocycles. The average molecular weight is 142 g/mol. The molecule has 4 heteroatoms. The van der Waals surface area contributed by atoms with E-state index >= 15 is 0 Å². The highest BCUT2D eigenvalue weighted by molar-refractivity contribution is 5.01.